The van der Waals surface area contributed by atoms with Gasteiger partial charge in [-0.05, 0) is 48.6 Å². The first kappa shape index (κ1) is 19.9. The molecule has 5 heterocycles. The van der Waals surface area contributed by atoms with Crippen LogP contribution in [0.5, 0.6) is 0 Å². The van der Waals surface area contributed by atoms with Crippen LogP contribution in [0.3, 0.4) is 0 Å². The van der Waals surface area contributed by atoms with E-state index in [1.165, 1.54) is 30.5 Å². The Hall–Kier alpha value is -3.79. The van der Waals surface area contributed by atoms with E-state index in [0.717, 1.165) is 48.5 Å². The van der Waals surface area contributed by atoms with Gasteiger partial charge in [0.05, 0.1) is 11.7 Å². The number of hydrogen-bond acceptors (Lipinski definition) is 9. The average molecular weight is 443 g/mol. The lowest BCUT2D eigenvalue weighted by Gasteiger charge is -2.30. The quantitative estimate of drug-likeness (QED) is 0.481. The van der Waals surface area contributed by atoms with Crippen molar-refractivity contribution >= 4 is 28.4 Å². The summed E-state index contributed by atoms with van der Waals surface area (Å²) in [6.07, 6.45) is 7.87. The zero-order valence-electron chi connectivity index (χ0n) is 17.9. The number of pyridine rings is 2. The van der Waals surface area contributed by atoms with Gasteiger partial charge in [0, 0.05) is 49.5 Å². The summed E-state index contributed by atoms with van der Waals surface area (Å²) < 4.78 is 13.1. The van der Waals surface area contributed by atoms with E-state index >= 15 is 0 Å². The number of aromatic nitrogens is 6. The first-order valence-corrected chi connectivity index (χ1v) is 11.1. The lowest BCUT2D eigenvalue weighted by atomic mass is 10.1. The molecule has 0 atom stereocenters. The van der Waals surface area contributed by atoms with Gasteiger partial charge >= 0.3 is 0 Å². The molecule has 1 saturated carbocycles. The molecule has 0 amide bonds. The largest absolute Gasteiger partial charge is 0.353 e. The highest BCUT2D eigenvalue weighted by atomic mass is 19.1. The third kappa shape index (κ3) is 4.05. The molecule has 4 aromatic heterocycles. The third-order valence-electron chi connectivity index (χ3n) is 5.96. The Labute approximate surface area is 189 Å². The summed E-state index contributed by atoms with van der Waals surface area (Å²) >= 11 is 0. The number of halogens is 1. The molecule has 33 heavy (non-hydrogen) atoms. The van der Waals surface area contributed by atoms with Crippen molar-refractivity contribution in [2.45, 2.75) is 18.8 Å². The van der Waals surface area contributed by atoms with Gasteiger partial charge in [0.2, 0.25) is 5.95 Å². The monoisotopic (exact) mass is 443 g/mol. The molecule has 0 radical (unpaired) electrons. The maximum atomic E-state index is 13.1. The third-order valence-corrected chi connectivity index (χ3v) is 5.96. The van der Waals surface area contributed by atoms with Gasteiger partial charge in [-0.15, -0.1) is 10.2 Å². The Kier molecular flexibility index (Phi) is 4.99. The van der Waals surface area contributed by atoms with E-state index in [1.807, 2.05) is 24.5 Å². The summed E-state index contributed by atoms with van der Waals surface area (Å²) in [5, 5.41) is 14.8. The summed E-state index contributed by atoms with van der Waals surface area (Å²) in [6, 6.07) is 6.49. The fourth-order valence-corrected chi connectivity index (χ4v) is 4.18. The standard InChI is InChI=1S/C23H22FN9/c24-18-3-4-19(32-31-18)29-20-11-15(5-6-27-20)22-28-17-13-26-12-16(14-1-2-14)21(17)23(30-22)33-9-7-25-8-10-33/h3-6,11-14,25H,1-2,7-10H2,(H,27,29,32). The first-order chi connectivity index (χ1) is 16.2. The van der Waals surface area contributed by atoms with Crippen molar-refractivity contribution in [1.29, 1.82) is 0 Å². The second-order valence-electron chi connectivity index (χ2n) is 8.30. The molecule has 9 nitrogen and oxygen atoms in total. The van der Waals surface area contributed by atoms with Crippen molar-refractivity contribution in [2.75, 3.05) is 36.4 Å². The van der Waals surface area contributed by atoms with Gasteiger partial charge in [-0.1, -0.05) is 0 Å². The molecule has 0 unspecified atom stereocenters. The zero-order valence-corrected chi connectivity index (χ0v) is 17.9. The van der Waals surface area contributed by atoms with Crippen LogP contribution in [0.1, 0.15) is 24.3 Å². The van der Waals surface area contributed by atoms with E-state index in [4.69, 9.17) is 9.97 Å². The summed E-state index contributed by atoms with van der Waals surface area (Å²) in [7, 11) is 0. The summed E-state index contributed by atoms with van der Waals surface area (Å²) in [4.78, 5) is 21.1. The van der Waals surface area contributed by atoms with E-state index in [-0.39, 0.29) is 0 Å². The van der Waals surface area contributed by atoms with Crippen LogP contribution in [-0.2, 0) is 0 Å². The Bertz CT molecular complexity index is 1300. The highest BCUT2D eigenvalue weighted by Crippen LogP contribution is 2.44. The second kappa shape index (κ2) is 8.28. The van der Waals surface area contributed by atoms with Crippen molar-refractivity contribution < 1.29 is 4.39 Å². The van der Waals surface area contributed by atoms with Gasteiger partial charge in [-0.3, -0.25) is 4.98 Å². The van der Waals surface area contributed by atoms with Crippen LogP contribution in [0.2, 0.25) is 0 Å². The lowest BCUT2D eigenvalue weighted by molar-refractivity contribution is 0.564. The Morgan fingerprint density at radius 1 is 1.00 bits per heavy atom. The minimum absolute atomic E-state index is 0.403. The van der Waals surface area contributed by atoms with Crippen LogP contribution >= 0.6 is 0 Å². The zero-order chi connectivity index (χ0) is 22.2. The van der Waals surface area contributed by atoms with E-state index in [9.17, 15) is 4.39 Å². The van der Waals surface area contributed by atoms with Crippen LogP contribution in [0, 0.1) is 5.95 Å². The molecule has 2 N–H and O–H groups in total. The number of nitrogens with zero attached hydrogens (tertiary/aromatic N) is 7. The molecule has 1 aliphatic heterocycles. The van der Waals surface area contributed by atoms with Gasteiger partial charge in [-0.2, -0.15) is 4.39 Å². The Balaban J connectivity index is 1.43. The van der Waals surface area contributed by atoms with Gasteiger partial charge in [-0.25, -0.2) is 15.0 Å². The molecular weight excluding hydrogens is 421 g/mol. The smallest absolute Gasteiger partial charge is 0.233 e. The van der Waals surface area contributed by atoms with Crippen molar-refractivity contribution in [2.24, 2.45) is 0 Å². The Morgan fingerprint density at radius 3 is 2.67 bits per heavy atom. The number of hydrogen-bond donors (Lipinski definition) is 2. The number of nitrogens with one attached hydrogen (secondary N) is 2. The number of rotatable bonds is 5. The fourth-order valence-electron chi connectivity index (χ4n) is 4.18. The molecule has 6 rings (SSSR count). The van der Waals surface area contributed by atoms with Crippen molar-refractivity contribution in [1.82, 2.24) is 35.5 Å². The Morgan fingerprint density at radius 2 is 1.88 bits per heavy atom. The van der Waals surface area contributed by atoms with E-state index < -0.39 is 5.95 Å². The molecule has 4 aromatic rings. The number of fused-ring (bicyclic) bond motifs is 1. The molecule has 1 saturated heterocycles. The normalized spacial score (nSPS) is 16.2. The van der Waals surface area contributed by atoms with E-state index in [2.05, 4.69) is 35.7 Å². The van der Waals surface area contributed by atoms with Crippen LogP contribution in [0.25, 0.3) is 22.3 Å². The first-order valence-electron chi connectivity index (χ1n) is 11.1. The number of anilines is 3. The average Bonchev–Trinajstić information content (AvgIpc) is 3.71. The minimum Gasteiger partial charge on any atom is -0.353 e. The molecule has 2 fully saturated rings. The maximum absolute atomic E-state index is 13.1. The highest BCUT2D eigenvalue weighted by Gasteiger charge is 2.29. The SMILES string of the molecule is Fc1ccc(Nc2cc(-c3nc(N4CCNCC4)c4c(C5CC5)cncc4n3)ccn2)nn1. The van der Waals surface area contributed by atoms with Gasteiger partial charge in [0.1, 0.15) is 11.6 Å². The maximum Gasteiger partial charge on any atom is 0.233 e. The van der Waals surface area contributed by atoms with Gasteiger partial charge < -0.3 is 15.5 Å². The van der Waals surface area contributed by atoms with Gasteiger partial charge in [0.15, 0.2) is 11.6 Å². The topological polar surface area (TPSA) is 105 Å². The van der Waals surface area contributed by atoms with E-state index in [0.29, 0.717) is 23.4 Å². The molecule has 2 aliphatic rings. The predicted octanol–water partition coefficient (Wildman–Crippen LogP) is 3.05. The van der Waals surface area contributed by atoms with Crippen molar-refractivity contribution in [3.8, 4) is 11.4 Å². The molecular formula is C23H22FN9. The van der Waals surface area contributed by atoms with Crippen molar-refractivity contribution in [3.05, 3.63) is 54.4 Å². The molecule has 0 bridgehead atoms. The van der Waals surface area contributed by atoms with E-state index in [1.54, 1.807) is 6.20 Å². The van der Waals surface area contributed by atoms with Crippen LogP contribution in [0.4, 0.5) is 21.8 Å². The van der Waals surface area contributed by atoms with Crippen LogP contribution in [-0.4, -0.2) is 56.3 Å². The second-order valence-corrected chi connectivity index (χ2v) is 8.30. The van der Waals surface area contributed by atoms with Crippen LogP contribution in [0.15, 0.2) is 42.9 Å². The molecule has 1 aliphatic carbocycles. The van der Waals surface area contributed by atoms with Crippen LogP contribution < -0.4 is 15.5 Å². The van der Waals surface area contributed by atoms with Gasteiger partial charge in [0.25, 0.3) is 0 Å². The number of piperazine rings is 1. The highest BCUT2D eigenvalue weighted by molar-refractivity contribution is 5.94. The molecule has 0 spiro atoms. The fraction of sp³-hybridized carbons (Fsp3) is 0.304. The minimum atomic E-state index is -0.633. The lowest BCUT2D eigenvalue weighted by Crippen LogP contribution is -2.44. The molecule has 166 valence electrons. The molecule has 0 aromatic carbocycles. The molecule has 10 heteroatoms. The summed E-state index contributed by atoms with van der Waals surface area (Å²) in [5.74, 6) is 2.45. The predicted molar refractivity (Wildman–Crippen MR) is 123 cm³/mol. The summed E-state index contributed by atoms with van der Waals surface area (Å²) in [5.41, 5.74) is 2.92. The van der Waals surface area contributed by atoms with Crippen molar-refractivity contribution in [3.63, 3.8) is 0 Å². The summed E-state index contributed by atoms with van der Waals surface area (Å²) in [6.45, 7) is 3.63.